The van der Waals surface area contributed by atoms with Crippen LogP contribution < -0.4 is 11.1 Å². The summed E-state index contributed by atoms with van der Waals surface area (Å²) >= 11 is 0. The van der Waals surface area contributed by atoms with Crippen LogP contribution in [0, 0.1) is 0 Å². The molecule has 0 spiro atoms. The number of aliphatic hydroxyl groups excluding tert-OH is 1. The molecular weight excluding hydrogens is 224 g/mol. The minimum atomic E-state index is -0.553. The Morgan fingerprint density at radius 3 is 2.76 bits per heavy atom. The summed E-state index contributed by atoms with van der Waals surface area (Å²) in [5.74, 6) is -0.302. The number of nitrogens with one attached hydrogen (secondary N) is 1. The Bertz CT molecular complexity index is 202. The smallest absolute Gasteiger partial charge is 0.217 e. The Balaban J connectivity index is 3.34. The van der Waals surface area contributed by atoms with Gasteiger partial charge in [0.05, 0.1) is 25.4 Å². The third-order valence-corrected chi connectivity index (χ3v) is 2.13. The number of aliphatic hydroxyl groups is 1. The lowest BCUT2D eigenvalue weighted by atomic mass is 10.3. The average molecular weight is 248 g/mol. The van der Waals surface area contributed by atoms with Crippen molar-refractivity contribution in [3.8, 4) is 0 Å². The van der Waals surface area contributed by atoms with E-state index in [0.717, 1.165) is 0 Å². The maximum Gasteiger partial charge on any atom is 0.217 e. The topological polar surface area (TPSA) is 93.8 Å². The van der Waals surface area contributed by atoms with Gasteiger partial charge in [0.15, 0.2) is 0 Å². The van der Waals surface area contributed by atoms with Crippen LogP contribution in [0.15, 0.2) is 0 Å². The SMILES string of the molecule is COCC(C)OCC(O)CNCCCC(N)=O. The van der Waals surface area contributed by atoms with Gasteiger partial charge in [-0.3, -0.25) is 4.79 Å². The van der Waals surface area contributed by atoms with Gasteiger partial charge in [0.1, 0.15) is 0 Å². The van der Waals surface area contributed by atoms with Gasteiger partial charge in [-0.05, 0) is 19.9 Å². The quantitative estimate of drug-likeness (QED) is 0.418. The van der Waals surface area contributed by atoms with E-state index in [-0.39, 0.29) is 18.6 Å². The highest BCUT2D eigenvalue weighted by molar-refractivity contribution is 5.73. The van der Waals surface area contributed by atoms with Gasteiger partial charge in [-0.1, -0.05) is 0 Å². The molecule has 4 N–H and O–H groups in total. The summed E-state index contributed by atoms with van der Waals surface area (Å²) in [6, 6.07) is 0. The highest BCUT2D eigenvalue weighted by Gasteiger charge is 2.07. The molecule has 0 fully saturated rings. The highest BCUT2D eigenvalue weighted by Crippen LogP contribution is 1.93. The Kier molecular flexibility index (Phi) is 10.0. The Morgan fingerprint density at radius 2 is 2.18 bits per heavy atom. The molecule has 2 unspecified atom stereocenters. The Morgan fingerprint density at radius 1 is 1.47 bits per heavy atom. The van der Waals surface area contributed by atoms with E-state index in [1.54, 1.807) is 7.11 Å². The molecule has 17 heavy (non-hydrogen) atoms. The van der Waals surface area contributed by atoms with Gasteiger partial charge < -0.3 is 25.6 Å². The molecule has 0 aromatic carbocycles. The van der Waals surface area contributed by atoms with Gasteiger partial charge in [-0.25, -0.2) is 0 Å². The number of hydrogen-bond donors (Lipinski definition) is 3. The number of methoxy groups -OCH3 is 1. The van der Waals surface area contributed by atoms with Gasteiger partial charge in [0.25, 0.3) is 0 Å². The van der Waals surface area contributed by atoms with Crippen LogP contribution in [0.3, 0.4) is 0 Å². The van der Waals surface area contributed by atoms with Crippen molar-refractivity contribution in [3.05, 3.63) is 0 Å². The summed E-state index contributed by atoms with van der Waals surface area (Å²) in [5.41, 5.74) is 5.00. The third-order valence-electron chi connectivity index (χ3n) is 2.13. The lowest BCUT2D eigenvalue weighted by Crippen LogP contribution is -2.33. The molecule has 0 bridgehead atoms. The first-order valence-corrected chi connectivity index (χ1v) is 5.84. The van der Waals surface area contributed by atoms with Crippen LogP contribution in [0.2, 0.25) is 0 Å². The summed E-state index contributed by atoms with van der Waals surface area (Å²) < 4.78 is 10.3. The number of carbonyl (C=O) groups excluding carboxylic acids is 1. The van der Waals surface area contributed by atoms with Crippen LogP contribution in [0.25, 0.3) is 0 Å². The maximum absolute atomic E-state index is 10.4. The first-order chi connectivity index (χ1) is 8.06. The molecule has 1 amide bonds. The summed E-state index contributed by atoms with van der Waals surface area (Å²) in [7, 11) is 1.61. The van der Waals surface area contributed by atoms with E-state index in [1.807, 2.05) is 6.92 Å². The van der Waals surface area contributed by atoms with Crippen LogP contribution >= 0.6 is 0 Å². The van der Waals surface area contributed by atoms with Crippen LogP contribution in [-0.4, -0.2) is 56.6 Å². The lowest BCUT2D eigenvalue weighted by Gasteiger charge is -2.16. The third kappa shape index (κ3) is 11.6. The van der Waals surface area contributed by atoms with Gasteiger partial charge in [0.2, 0.25) is 5.91 Å². The summed E-state index contributed by atoms with van der Waals surface area (Å²) in [5, 5.41) is 12.6. The number of primary amides is 1. The molecule has 0 aromatic heterocycles. The molecule has 0 rings (SSSR count). The first-order valence-electron chi connectivity index (χ1n) is 5.84. The fraction of sp³-hybridized carbons (Fsp3) is 0.909. The van der Waals surface area contributed by atoms with Gasteiger partial charge in [-0.2, -0.15) is 0 Å². The molecule has 0 aliphatic rings. The molecule has 2 atom stereocenters. The van der Waals surface area contributed by atoms with E-state index in [9.17, 15) is 9.90 Å². The minimum absolute atomic E-state index is 0.0236. The Labute approximate surface area is 102 Å². The minimum Gasteiger partial charge on any atom is -0.389 e. The van der Waals surface area contributed by atoms with Crippen LogP contribution in [0.4, 0.5) is 0 Å². The molecule has 0 heterocycles. The molecule has 0 saturated heterocycles. The Hall–Kier alpha value is -0.690. The molecule has 6 heteroatoms. The van der Waals surface area contributed by atoms with E-state index in [1.165, 1.54) is 0 Å². The van der Waals surface area contributed by atoms with Gasteiger partial charge in [0, 0.05) is 20.1 Å². The zero-order chi connectivity index (χ0) is 13.1. The summed E-state index contributed by atoms with van der Waals surface area (Å²) in [6.07, 6.45) is 0.473. The predicted molar refractivity (Wildman–Crippen MR) is 64.6 cm³/mol. The van der Waals surface area contributed by atoms with Crippen LogP contribution in [-0.2, 0) is 14.3 Å². The van der Waals surface area contributed by atoms with E-state index >= 15 is 0 Å². The van der Waals surface area contributed by atoms with Crippen LogP contribution in [0.5, 0.6) is 0 Å². The second-order valence-electron chi connectivity index (χ2n) is 4.03. The normalized spacial score (nSPS) is 14.5. The van der Waals surface area contributed by atoms with Crippen molar-refractivity contribution < 1.29 is 19.4 Å². The van der Waals surface area contributed by atoms with Crippen LogP contribution in [0.1, 0.15) is 19.8 Å². The number of amides is 1. The zero-order valence-corrected chi connectivity index (χ0v) is 10.6. The molecule has 0 aromatic rings. The van der Waals surface area contributed by atoms with E-state index in [2.05, 4.69) is 5.32 Å². The molecule has 102 valence electrons. The first kappa shape index (κ1) is 16.3. The van der Waals surface area contributed by atoms with Crippen molar-refractivity contribution in [2.75, 3.05) is 33.4 Å². The fourth-order valence-electron chi connectivity index (χ4n) is 1.27. The largest absolute Gasteiger partial charge is 0.389 e. The molecule has 0 saturated carbocycles. The number of hydrogen-bond acceptors (Lipinski definition) is 5. The van der Waals surface area contributed by atoms with Crippen molar-refractivity contribution in [2.24, 2.45) is 5.73 Å². The number of nitrogens with two attached hydrogens (primary N) is 1. The fourth-order valence-corrected chi connectivity index (χ4v) is 1.27. The maximum atomic E-state index is 10.4. The van der Waals surface area contributed by atoms with Crippen molar-refractivity contribution >= 4 is 5.91 Å². The van der Waals surface area contributed by atoms with Crippen molar-refractivity contribution in [2.45, 2.75) is 32.0 Å². The number of ether oxygens (including phenoxy) is 2. The summed E-state index contributed by atoms with van der Waals surface area (Å²) in [6.45, 7) is 3.77. The summed E-state index contributed by atoms with van der Waals surface area (Å²) in [4.78, 5) is 10.4. The second kappa shape index (κ2) is 10.5. The van der Waals surface area contributed by atoms with E-state index in [4.69, 9.17) is 15.2 Å². The van der Waals surface area contributed by atoms with Crippen molar-refractivity contribution in [1.82, 2.24) is 5.32 Å². The van der Waals surface area contributed by atoms with Crippen molar-refractivity contribution in [3.63, 3.8) is 0 Å². The van der Waals surface area contributed by atoms with E-state index < -0.39 is 6.10 Å². The molecule has 0 aliphatic heterocycles. The number of rotatable bonds is 11. The lowest BCUT2D eigenvalue weighted by molar-refractivity contribution is -0.118. The molecule has 0 aliphatic carbocycles. The molecule has 6 nitrogen and oxygen atoms in total. The monoisotopic (exact) mass is 248 g/mol. The molecular formula is C11H24N2O4. The van der Waals surface area contributed by atoms with Gasteiger partial charge in [-0.15, -0.1) is 0 Å². The van der Waals surface area contributed by atoms with Crippen molar-refractivity contribution in [1.29, 1.82) is 0 Å². The predicted octanol–water partition coefficient (Wildman–Crippen LogP) is -0.746. The standard InChI is InChI=1S/C11H24N2O4/c1-9(7-16-2)17-8-10(14)6-13-5-3-4-11(12)15/h9-10,13-14H,3-8H2,1-2H3,(H2,12,15). The highest BCUT2D eigenvalue weighted by atomic mass is 16.5. The molecule has 0 radical (unpaired) electrons. The average Bonchev–Trinajstić information content (AvgIpc) is 2.26. The second-order valence-corrected chi connectivity index (χ2v) is 4.03. The van der Waals surface area contributed by atoms with E-state index in [0.29, 0.717) is 32.5 Å². The van der Waals surface area contributed by atoms with Gasteiger partial charge >= 0.3 is 0 Å². The number of carbonyl (C=O) groups is 1. The zero-order valence-electron chi connectivity index (χ0n) is 10.6.